The minimum atomic E-state index is -0.0844. The van der Waals surface area contributed by atoms with Crippen LogP contribution >= 0.6 is 0 Å². The second kappa shape index (κ2) is 8.99. The summed E-state index contributed by atoms with van der Waals surface area (Å²) in [4.78, 5) is 0. The lowest BCUT2D eigenvalue weighted by molar-refractivity contribution is 0.480. The fraction of sp³-hybridized carbons (Fsp3) is 0.417. The van der Waals surface area contributed by atoms with E-state index in [9.17, 15) is 4.39 Å². The molecule has 0 amide bonds. The van der Waals surface area contributed by atoms with Crippen molar-refractivity contribution in [1.82, 2.24) is 0 Å². The molecule has 0 saturated heterocycles. The van der Waals surface area contributed by atoms with Crippen LogP contribution in [0.4, 0.5) is 4.39 Å². The van der Waals surface area contributed by atoms with Crippen LogP contribution in [0.5, 0.6) is 0 Å². The largest absolute Gasteiger partial charge is 0.207 e. The van der Waals surface area contributed by atoms with Gasteiger partial charge in [-0.15, -0.1) is 0 Å². The van der Waals surface area contributed by atoms with Gasteiger partial charge in [0.25, 0.3) is 0 Å². The predicted molar refractivity (Wildman–Crippen MR) is 105 cm³/mol. The number of aryl methyl sites for hydroxylation is 2. The molecule has 0 fully saturated rings. The highest BCUT2D eigenvalue weighted by atomic mass is 19.1. The molecule has 1 atom stereocenters. The zero-order valence-electron chi connectivity index (χ0n) is 15.3. The molecular formula is C24H29F. The minimum absolute atomic E-state index is 0.0844. The van der Waals surface area contributed by atoms with Crippen LogP contribution in [-0.2, 0) is 12.8 Å². The molecule has 0 heterocycles. The first-order valence-electron chi connectivity index (χ1n) is 9.81. The van der Waals surface area contributed by atoms with Crippen molar-refractivity contribution in [2.45, 2.75) is 58.3 Å². The molecule has 0 aliphatic heterocycles. The van der Waals surface area contributed by atoms with Gasteiger partial charge in [0.1, 0.15) is 5.82 Å². The molecule has 2 aromatic carbocycles. The molecule has 0 nitrogen and oxygen atoms in total. The van der Waals surface area contributed by atoms with Crippen molar-refractivity contribution in [3.8, 4) is 11.1 Å². The highest BCUT2D eigenvalue weighted by Crippen LogP contribution is 2.28. The molecule has 1 unspecified atom stereocenters. The molecule has 3 rings (SSSR count). The average molecular weight is 336 g/mol. The third-order valence-corrected chi connectivity index (χ3v) is 5.39. The van der Waals surface area contributed by atoms with E-state index in [2.05, 4.69) is 42.5 Å². The Bertz CT molecular complexity index is 714. The maximum Gasteiger partial charge on any atom is 0.127 e. The molecule has 132 valence electrons. The maximum atomic E-state index is 14.2. The van der Waals surface area contributed by atoms with Crippen LogP contribution in [0.1, 0.15) is 56.6 Å². The number of hydrogen-bond acceptors (Lipinski definition) is 0. The highest BCUT2D eigenvalue weighted by Gasteiger charge is 2.10. The lowest BCUT2D eigenvalue weighted by Gasteiger charge is -2.16. The normalized spacial score (nSPS) is 17.0. The first-order chi connectivity index (χ1) is 12.3. The molecule has 2 aromatic rings. The molecule has 0 bridgehead atoms. The van der Waals surface area contributed by atoms with Crippen LogP contribution in [0.2, 0.25) is 0 Å². The summed E-state index contributed by atoms with van der Waals surface area (Å²) in [5.74, 6) is 0.707. The first kappa shape index (κ1) is 17.9. The Hall–Kier alpha value is -1.89. The van der Waals surface area contributed by atoms with Gasteiger partial charge < -0.3 is 0 Å². The molecule has 25 heavy (non-hydrogen) atoms. The molecule has 0 spiro atoms. The zero-order valence-corrected chi connectivity index (χ0v) is 15.3. The molecule has 1 heteroatoms. The molecule has 0 N–H and O–H groups in total. The maximum absolute atomic E-state index is 14.2. The number of allylic oxidation sites excluding steroid dienone is 2. The van der Waals surface area contributed by atoms with Gasteiger partial charge in [-0.2, -0.15) is 0 Å². The third-order valence-electron chi connectivity index (χ3n) is 5.39. The second-order valence-electron chi connectivity index (χ2n) is 7.18. The lowest BCUT2D eigenvalue weighted by Crippen LogP contribution is -2.01. The van der Waals surface area contributed by atoms with Crippen LogP contribution in [0.15, 0.2) is 54.6 Å². The first-order valence-corrected chi connectivity index (χ1v) is 9.81. The van der Waals surface area contributed by atoms with Crippen LogP contribution in [0.3, 0.4) is 0 Å². The van der Waals surface area contributed by atoms with Gasteiger partial charge in [0, 0.05) is 0 Å². The topological polar surface area (TPSA) is 0 Å². The Morgan fingerprint density at radius 1 is 1.04 bits per heavy atom. The summed E-state index contributed by atoms with van der Waals surface area (Å²) in [5, 5.41) is 0. The molecule has 1 aliphatic rings. The lowest BCUT2D eigenvalue weighted by atomic mass is 9.90. The summed E-state index contributed by atoms with van der Waals surface area (Å²) in [6.45, 7) is 1.99. The van der Waals surface area contributed by atoms with E-state index in [0.29, 0.717) is 0 Å². The summed E-state index contributed by atoms with van der Waals surface area (Å²) in [6.07, 6.45) is 14.3. The number of rotatable bonds is 7. The summed E-state index contributed by atoms with van der Waals surface area (Å²) in [5.41, 5.74) is 4.31. The Morgan fingerprint density at radius 3 is 2.68 bits per heavy atom. The van der Waals surface area contributed by atoms with Crippen molar-refractivity contribution < 1.29 is 4.39 Å². The smallest absolute Gasteiger partial charge is 0.127 e. The van der Waals surface area contributed by atoms with Crippen LogP contribution in [0, 0.1) is 11.7 Å². The van der Waals surface area contributed by atoms with Crippen LogP contribution < -0.4 is 0 Å². The Kier molecular flexibility index (Phi) is 6.44. The van der Waals surface area contributed by atoms with E-state index in [1.54, 1.807) is 6.07 Å². The summed E-state index contributed by atoms with van der Waals surface area (Å²) in [7, 11) is 0. The van der Waals surface area contributed by atoms with E-state index in [1.165, 1.54) is 49.7 Å². The van der Waals surface area contributed by atoms with Crippen molar-refractivity contribution in [2.24, 2.45) is 5.92 Å². The van der Waals surface area contributed by atoms with E-state index in [-0.39, 0.29) is 5.82 Å². The van der Waals surface area contributed by atoms with Gasteiger partial charge in [-0.1, -0.05) is 61.9 Å². The van der Waals surface area contributed by atoms with Gasteiger partial charge in [-0.25, -0.2) is 4.39 Å². The highest BCUT2D eigenvalue weighted by molar-refractivity contribution is 5.67. The quantitative estimate of drug-likeness (QED) is 0.373. The van der Waals surface area contributed by atoms with Crippen LogP contribution in [0.25, 0.3) is 11.1 Å². The van der Waals surface area contributed by atoms with E-state index in [1.807, 2.05) is 13.0 Å². The number of halogens is 1. The molecule has 0 radical (unpaired) electrons. The Labute approximate surface area is 151 Å². The van der Waals surface area contributed by atoms with Gasteiger partial charge in [0.2, 0.25) is 0 Å². The van der Waals surface area contributed by atoms with E-state index in [4.69, 9.17) is 0 Å². The minimum Gasteiger partial charge on any atom is -0.207 e. The number of benzene rings is 2. The fourth-order valence-corrected chi connectivity index (χ4v) is 3.87. The van der Waals surface area contributed by atoms with E-state index in [0.717, 1.165) is 29.9 Å². The van der Waals surface area contributed by atoms with Gasteiger partial charge in [0.15, 0.2) is 0 Å². The van der Waals surface area contributed by atoms with E-state index >= 15 is 0 Å². The number of unbranched alkanes of at least 4 members (excludes halogenated alkanes) is 1. The molecule has 1 aliphatic carbocycles. The van der Waals surface area contributed by atoms with Crippen molar-refractivity contribution in [3.05, 3.63) is 71.6 Å². The zero-order chi connectivity index (χ0) is 17.5. The number of hydrogen-bond donors (Lipinski definition) is 0. The van der Waals surface area contributed by atoms with Gasteiger partial charge in [-0.3, -0.25) is 0 Å². The summed E-state index contributed by atoms with van der Waals surface area (Å²) >= 11 is 0. The summed E-state index contributed by atoms with van der Waals surface area (Å²) < 4.78 is 14.2. The van der Waals surface area contributed by atoms with Gasteiger partial charge in [-0.05, 0) is 79.2 Å². The molecule has 0 aromatic heterocycles. The monoisotopic (exact) mass is 336 g/mol. The SMILES string of the molecule is CCc1ccc(-c2ccccc2CCCCC2C=CCCC2)cc1F. The molecule has 0 saturated carbocycles. The third kappa shape index (κ3) is 4.81. The standard InChI is InChI=1S/C24H29F/c1-2-20-16-17-22(18-24(20)25)23-15-9-8-14-21(23)13-7-6-12-19-10-4-3-5-11-19/h4,8-10,14-19H,2-3,5-7,11-13H2,1H3. The average Bonchev–Trinajstić information content (AvgIpc) is 2.66. The predicted octanol–water partition coefficient (Wildman–Crippen LogP) is 7.12. The van der Waals surface area contributed by atoms with Crippen molar-refractivity contribution in [2.75, 3.05) is 0 Å². The molecular weight excluding hydrogens is 307 g/mol. The van der Waals surface area contributed by atoms with Crippen molar-refractivity contribution >= 4 is 0 Å². The Morgan fingerprint density at radius 2 is 1.92 bits per heavy atom. The second-order valence-corrected chi connectivity index (χ2v) is 7.18. The van der Waals surface area contributed by atoms with Gasteiger partial charge in [0.05, 0.1) is 0 Å². The van der Waals surface area contributed by atoms with Crippen molar-refractivity contribution in [1.29, 1.82) is 0 Å². The Balaban J connectivity index is 1.63. The van der Waals surface area contributed by atoms with E-state index < -0.39 is 0 Å². The van der Waals surface area contributed by atoms with Crippen molar-refractivity contribution in [3.63, 3.8) is 0 Å². The van der Waals surface area contributed by atoms with Crippen LogP contribution in [-0.4, -0.2) is 0 Å². The summed E-state index contributed by atoms with van der Waals surface area (Å²) in [6, 6.07) is 14.2. The fourth-order valence-electron chi connectivity index (χ4n) is 3.87. The van der Waals surface area contributed by atoms with Gasteiger partial charge >= 0.3 is 0 Å².